The van der Waals surface area contributed by atoms with Crippen molar-refractivity contribution in [3.63, 3.8) is 0 Å². The minimum Gasteiger partial charge on any atom is -0.166 e. The summed E-state index contributed by atoms with van der Waals surface area (Å²) in [6, 6.07) is 4.36. The fourth-order valence-corrected chi connectivity index (χ4v) is 2.17. The van der Waals surface area contributed by atoms with Gasteiger partial charge in [-0.2, -0.15) is 13.2 Å². The lowest BCUT2D eigenvalue weighted by atomic mass is 9.74. The van der Waals surface area contributed by atoms with E-state index in [-0.39, 0.29) is 5.41 Å². The van der Waals surface area contributed by atoms with Crippen molar-refractivity contribution in [2.45, 2.75) is 46.7 Å². The van der Waals surface area contributed by atoms with Crippen molar-refractivity contribution < 1.29 is 13.2 Å². The topological polar surface area (TPSA) is 0 Å². The quantitative estimate of drug-likeness (QED) is 0.629. The van der Waals surface area contributed by atoms with E-state index in [1.807, 2.05) is 20.8 Å². The fourth-order valence-electron chi connectivity index (χ4n) is 2.17. The molecule has 0 bridgehead atoms. The number of allylic oxidation sites excluding steroid dienone is 1. The number of hydrogen-bond acceptors (Lipinski definition) is 0. The molecule has 0 spiro atoms. The van der Waals surface area contributed by atoms with Crippen molar-refractivity contribution in [1.29, 1.82) is 0 Å². The highest BCUT2D eigenvalue weighted by Crippen LogP contribution is 2.39. The van der Waals surface area contributed by atoms with Gasteiger partial charge in [-0.3, -0.25) is 0 Å². The van der Waals surface area contributed by atoms with Crippen molar-refractivity contribution in [3.05, 3.63) is 47.0 Å². The molecule has 0 radical (unpaired) electrons. The minimum absolute atomic E-state index is 0.299. The molecule has 1 rings (SSSR count). The molecular weight excluding hydrogens is 249 g/mol. The third kappa shape index (κ3) is 3.40. The molecular formula is C16H21F3. The van der Waals surface area contributed by atoms with E-state index in [1.54, 1.807) is 13.0 Å². The number of aryl methyl sites for hydroxylation is 1. The lowest BCUT2D eigenvalue weighted by Crippen LogP contribution is -2.23. The first kappa shape index (κ1) is 15.8. The normalized spacial score (nSPS) is 15.1. The summed E-state index contributed by atoms with van der Waals surface area (Å²) in [5.41, 5.74) is 1.18. The van der Waals surface area contributed by atoms with E-state index in [0.717, 1.165) is 18.1 Å². The van der Waals surface area contributed by atoms with Gasteiger partial charge in [0.25, 0.3) is 0 Å². The van der Waals surface area contributed by atoms with Gasteiger partial charge < -0.3 is 0 Å². The van der Waals surface area contributed by atoms with Gasteiger partial charge in [-0.1, -0.05) is 38.1 Å². The molecule has 0 heterocycles. The van der Waals surface area contributed by atoms with Gasteiger partial charge in [-0.25, -0.2) is 0 Å². The van der Waals surface area contributed by atoms with Crippen LogP contribution in [0.4, 0.5) is 13.2 Å². The molecule has 1 aromatic carbocycles. The predicted molar refractivity (Wildman–Crippen MR) is 73.1 cm³/mol. The summed E-state index contributed by atoms with van der Waals surface area (Å²) in [7, 11) is 0. The Morgan fingerprint density at radius 2 is 1.84 bits per heavy atom. The van der Waals surface area contributed by atoms with E-state index in [2.05, 4.69) is 6.58 Å². The van der Waals surface area contributed by atoms with Crippen LogP contribution in [0.1, 0.15) is 43.9 Å². The van der Waals surface area contributed by atoms with Crippen molar-refractivity contribution in [2.75, 3.05) is 0 Å². The predicted octanol–water partition coefficient (Wildman–Crippen LogP) is 5.55. The number of hydrogen-bond donors (Lipinski definition) is 0. The van der Waals surface area contributed by atoms with Gasteiger partial charge in [-0.05, 0) is 49.3 Å². The summed E-state index contributed by atoms with van der Waals surface area (Å²) in [6.07, 6.45) is -3.15. The smallest absolute Gasteiger partial charge is 0.166 e. The van der Waals surface area contributed by atoms with Crippen molar-refractivity contribution >= 4 is 0 Å². The summed E-state index contributed by atoms with van der Waals surface area (Å²) in [5, 5.41) is 0. The molecule has 0 aliphatic rings. The molecule has 0 aliphatic heterocycles. The maximum atomic E-state index is 13.1. The summed E-state index contributed by atoms with van der Waals surface area (Å²) in [5.74, 6) is 0. The average Bonchev–Trinajstić information content (AvgIpc) is 2.29. The second kappa shape index (κ2) is 5.40. The molecule has 0 fully saturated rings. The molecule has 19 heavy (non-hydrogen) atoms. The second-order valence-electron chi connectivity index (χ2n) is 5.47. The Bertz CT molecular complexity index is 471. The standard InChI is InChI=1S/C16H21F3/c1-6-15(5,11(2)3)10-13-12(4)8-7-9-14(13)16(17,18)19/h7-9H,2,6,10H2,1,3-5H3. The average molecular weight is 270 g/mol. The van der Waals surface area contributed by atoms with Crippen molar-refractivity contribution in [2.24, 2.45) is 5.41 Å². The van der Waals surface area contributed by atoms with Crippen LogP contribution in [-0.4, -0.2) is 0 Å². The highest BCUT2D eigenvalue weighted by molar-refractivity contribution is 5.38. The van der Waals surface area contributed by atoms with Gasteiger partial charge in [-0.15, -0.1) is 0 Å². The Morgan fingerprint density at radius 3 is 2.26 bits per heavy atom. The lowest BCUT2D eigenvalue weighted by Gasteiger charge is -2.31. The summed E-state index contributed by atoms with van der Waals surface area (Å²) < 4.78 is 39.3. The van der Waals surface area contributed by atoms with Gasteiger partial charge in [0.2, 0.25) is 0 Å². The Labute approximate surface area is 113 Å². The van der Waals surface area contributed by atoms with Crippen LogP contribution in [0, 0.1) is 12.3 Å². The molecule has 0 aliphatic carbocycles. The Hall–Kier alpha value is -1.25. The summed E-state index contributed by atoms with van der Waals surface area (Å²) in [6.45, 7) is 11.5. The van der Waals surface area contributed by atoms with Gasteiger partial charge in [0.15, 0.2) is 0 Å². The van der Waals surface area contributed by atoms with Gasteiger partial charge in [0.05, 0.1) is 5.56 Å². The van der Waals surface area contributed by atoms with Crippen molar-refractivity contribution in [3.8, 4) is 0 Å². The largest absolute Gasteiger partial charge is 0.416 e. The second-order valence-corrected chi connectivity index (χ2v) is 5.47. The zero-order valence-corrected chi connectivity index (χ0v) is 12.0. The molecule has 0 amide bonds. The first-order chi connectivity index (χ1) is 8.62. The van der Waals surface area contributed by atoms with E-state index < -0.39 is 11.7 Å². The molecule has 0 N–H and O–H groups in total. The number of benzene rings is 1. The third-order valence-electron chi connectivity index (χ3n) is 4.09. The molecule has 0 saturated heterocycles. The Morgan fingerprint density at radius 1 is 1.26 bits per heavy atom. The minimum atomic E-state index is -4.30. The van der Waals surface area contributed by atoms with E-state index in [9.17, 15) is 13.2 Å². The van der Waals surface area contributed by atoms with Crippen molar-refractivity contribution in [1.82, 2.24) is 0 Å². The van der Waals surface area contributed by atoms with Crippen LogP contribution in [0.3, 0.4) is 0 Å². The number of halogens is 3. The first-order valence-corrected chi connectivity index (χ1v) is 6.43. The highest BCUT2D eigenvalue weighted by Gasteiger charge is 2.36. The number of alkyl halides is 3. The van der Waals surface area contributed by atoms with Crippen LogP contribution in [0.2, 0.25) is 0 Å². The van der Waals surface area contributed by atoms with Crippen LogP contribution in [0.15, 0.2) is 30.4 Å². The molecule has 3 heteroatoms. The van der Waals surface area contributed by atoms with E-state index in [1.165, 1.54) is 6.07 Å². The zero-order chi connectivity index (χ0) is 14.8. The molecule has 1 aromatic rings. The Kier molecular flexibility index (Phi) is 4.49. The third-order valence-corrected chi connectivity index (χ3v) is 4.09. The van der Waals surface area contributed by atoms with Gasteiger partial charge >= 0.3 is 6.18 Å². The molecule has 1 atom stereocenters. The SMILES string of the molecule is C=C(C)C(C)(CC)Cc1c(C)cccc1C(F)(F)F. The number of rotatable bonds is 4. The van der Waals surface area contributed by atoms with E-state index >= 15 is 0 Å². The molecule has 0 aromatic heterocycles. The monoisotopic (exact) mass is 270 g/mol. The van der Waals surface area contributed by atoms with E-state index in [0.29, 0.717) is 17.5 Å². The Balaban J connectivity index is 3.31. The van der Waals surface area contributed by atoms with Gasteiger partial charge in [0.1, 0.15) is 0 Å². The maximum Gasteiger partial charge on any atom is 0.416 e. The van der Waals surface area contributed by atoms with Crippen LogP contribution in [-0.2, 0) is 12.6 Å². The summed E-state index contributed by atoms with van der Waals surface area (Å²) >= 11 is 0. The van der Waals surface area contributed by atoms with Crippen LogP contribution >= 0.6 is 0 Å². The van der Waals surface area contributed by atoms with Crippen LogP contribution < -0.4 is 0 Å². The molecule has 0 saturated carbocycles. The summed E-state index contributed by atoms with van der Waals surface area (Å²) in [4.78, 5) is 0. The first-order valence-electron chi connectivity index (χ1n) is 6.43. The van der Waals surface area contributed by atoms with Crippen LogP contribution in [0.25, 0.3) is 0 Å². The van der Waals surface area contributed by atoms with Gasteiger partial charge in [0, 0.05) is 0 Å². The molecule has 0 nitrogen and oxygen atoms in total. The zero-order valence-electron chi connectivity index (χ0n) is 12.0. The molecule has 106 valence electrons. The lowest BCUT2D eigenvalue weighted by molar-refractivity contribution is -0.138. The molecule has 1 unspecified atom stereocenters. The highest BCUT2D eigenvalue weighted by atomic mass is 19.4. The fraction of sp³-hybridized carbons (Fsp3) is 0.500. The van der Waals surface area contributed by atoms with E-state index in [4.69, 9.17) is 0 Å². The maximum absolute atomic E-state index is 13.1. The van der Waals surface area contributed by atoms with Crippen LogP contribution in [0.5, 0.6) is 0 Å².